The fourth-order valence-corrected chi connectivity index (χ4v) is 6.14. The van der Waals surface area contributed by atoms with Gasteiger partial charge in [-0.3, -0.25) is 14.4 Å². The van der Waals surface area contributed by atoms with E-state index in [1.807, 2.05) is 0 Å². The van der Waals surface area contributed by atoms with Crippen LogP contribution in [0.4, 0.5) is 5.69 Å². The van der Waals surface area contributed by atoms with Crippen LogP contribution in [0.25, 0.3) is 0 Å². The third-order valence-electron chi connectivity index (χ3n) is 5.75. The molecule has 27 heavy (non-hydrogen) atoms. The van der Waals surface area contributed by atoms with Gasteiger partial charge in [-0.2, -0.15) is 0 Å². The summed E-state index contributed by atoms with van der Waals surface area (Å²) in [5.41, 5.74) is 1.26. The average molecular weight is 522 g/mol. The van der Waals surface area contributed by atoms with Crippen LogP contribution in [0.15, 0.2) is 16.6 Å². The Labute approximate surface area is 177 Å². The molecule has 1 amide bonds. The van der Waals surface area contributed by atoms with E-state index in [0.29, 0.717) is 16.3 Å². The monoisotopic (exact) mass is 519 g/mol. The molecule has 0 radical (unpaired) electrons. The first-order valence-corrected chi connectivity index (χ1v) is 10.6. The highest BCUT2D eigenvalue weighted by Crippen LogP contribution is 2.60. The summed E-state index contributed by atoms with van der Waals surface area (Å²) in [6.45, 7) is 1.36. The molecule has 1 heterocycles. The zero-order valence-corrected chi connectivity index (χ0v) is 18.1. The van der Waals surface area contributed by atoms with Gasteiger partial charge in [-0.05, 0) is 52.9 Å². The molecule has 1 aromatic rings. The third kappa shape index (κ3) is 3.09. The van der Waals surface area contributed by atoms with Crippen LogP contribution < -0.4 is 5.32 Å². The first-order chi connectivity index (χ1) is 12.8. The van der Waals surface area contributed by atoms with E-state index in [0.717, 1.165) is 10.9 Å². The second-order valence-corrected chi connectivity index (χ2v) is 9.44. The fourth-order valence-electron chi connectivity index (χ4n) is 4.50. The van der Waals surface area contributed by atoms with E-state index in [2.05, 4.69) is 37.2 Å². The number of ether oxygens (including phenoxy) is 2. The lowest BCUT2D eigenvalue weighted by atomic mass is 9.80. The molecule has 4 rings (SSSR count). The number of nitrogens with one attached hydrogen (secondary N) is 1. The van der Waals surface area contributed by atoms with Gasteiger partial charge in [0, 0.05) is 16.1 Å². The fraction of sp³-hybridized carbons (Fsp3) is 0.500. The molecule has 1 saturated heterocycles. The first kappa shape index (κ1) is 19.2. The van der Waals surface area contributed by atoms with Crippen molar-refractivity contribution in [2.24, 2.45) is 23.7 Å². The quantitative estimate of drug-likeness (QED) is 0.485. The molecule has 6 nitrogen and oxygen atoms in total. The molecule has 1 N–H and O–H groups in total. The van der Waals surface area contributed by atoms with E-state index in [-0.39, 0.29) is 28.7 Å². The second kappa shape index (κ2) is 7.04. The summed E-state index contributed by atoms with van der Waals surface area (Å²) in [4.78, 5) is 36.8. The summed E-state index contributed by atoms with van der Waals surface area (Å²) in [7, 11) is 0. The maximum absolute atomic E-state index is 12.6. The zero-order valence-electron chi connectivity index (χ0n) is 14.2. The number of benzene rings is 1. The molecule has 3 aliphatic rings. The number of rotatable bonds is 4. The van der Waals surface area contributed by atoms with E-state index >= 15 is 0 Å². The first-order valence-electron chi connectivity index (χ1n) is 8.55. The van der Waals surface area contributed by atoms with Crippen molar-refractivity contribution in [2.75, 3.05) is 11.9 Å². The molecule has 0 aromatic heterocycles. The van der Waals surface area contributed by atoms with Crippen LogP contribution in [-0.2, 0) is 23.9 Å². The molecule has 9 heteroatoms. The SMILES string of the molecule is Cc1c(NC(=O)COC(=O)[C@@H]2[C@H]3C[C@H]4[C@H](OC(=O)[C@@H]42)[C@H]3Br)ccc(Br)c1Cl. The number of carbonyl (C=O) groups excluding carboxylic acids is 3. The van der Waals surface area contributed by atoms with Gasteiger partial charge in [0.2, 0.25) is 0 Å². The van der Waals surface area contributed by atoms with Crippen molar-refractivity contribution < 1.29 is 23.9 Å². The van der Waals surface area contributed by atoms with Gasteiger partial charge >= 0.3 is 11.9 Å². The van der Waals surface area contributed by atoms with Crippen molar-refractivity contribution in [1.29, 1.82) is 0 Å². The second-order valence-electron chi connectivity index (χ2n) is 7.15. The molecule has 1 aromatic carbocycles. The smallest absolute Gasteiger partial charge is 0.310 e. The van der Waals surface area contributed by atoms with Crippen LogP contribution in [0.2, 0.25) is 5.02 Å². The minimum atomic E-state index is -0.553. The minimum absolute atomic E-state index is 0.000430. The lowest BCUT2D eigenvalue weighted by Gasteiger charge is -2.26. The molecule has 6 atom stereocenters. The van der Waals surface area contributed by atoms with Crippen molar-refractivity contribution in [1.82, 2.24) is 0 Å². The van der Waals surface area contributed by atoms with Crippen LogP contribution in [0.1, 0.15) is 12.0 Å². The number of amides is 1. The highest BCUT2D eigenvalue weighted by atomic mass is 79.9. The predicted molar refractivity (Wildman–Crippen MR) is 105 cm³/mol. The van der Waals surface area contributed by atoms with Crippen LogP contribution in [0.3, 0.4) is 0 Å². The van der Waals surface area contributed by atoms with Crippen LogP contribution in [-0.4, -0.2) is 35.4 Å². The minimum Gasteiger partial charge on any atom is -0.461 e. The van der Waals surface area contributed by atoms with Gasteiger partial charge < -0.3 is 14.8 Å². The summed E-state index contributed by atoms with van der Waals surface area (Å²) < 4.78 is 11.3. The third-order valence-corrected chi connectivity index (χ3v) is 8.33. The number of anilines is 1. The topological polar surface area (TPSA) is 81.7 Å². The zero-order chi connectivity index (χ0) is 19.5. The van der Waals surface area contributed by atoms with Crippen molar-refractivity contribution in [3.05, 3.63) is 27.2 Å². The van der Waals surface area contributed by atoms with Crippen LogP contribution in [0, 0.1) is 30.6 Å². The molecule has 2 bridgehead atoms. The number of hydrogen-bond donors (Lipinski definition) is 1. The van der Waals surface area contributed by atoms with Crippen molar-refractivity contribution in [2.45, 2.75) is 24.3 Å². The van der Waals surface area contributed by atoms with Crippen molar-refractivity contribution in [3.63, 3.8) is 0 Å². The number of hydrogen-bond acceptors (Lipinski definition) is 5. The summed E-state index contributed by atoms with van der Waals surface area (Å²) in [6.07, 6.45) is 0.615. The Morgan fingerprint density at radius 3 is 2.85 bits per heavy atom. The van der Waals surface area contributed by atoms with E-state index in [4.69, 9.17) is 21.1 Å². The Hall–Kier alpha value is -1.12. The normalized spacial score (nSPS) is 33.1. The van der Waals surface area contributed by atoms with Gasteiger partial charge in [-0.1, -0.05) is 27.5 Å². The Morgan fingerprint density at radius 1 is 1.37 bits per heavy atom. The molecule has 3 fully saturated rings. The maximum Gasteiger partial charge on any atom is 0.310 e. The van der Waals surface area contributed by atoms with Crippen LogP contribution in [0.5, 0.6) is 0 Å². The Bertz CT molecular complexity index is 847. The lowest BCUT2D eigenvalue weighted by Crippen LogP contribution is -2.39. The molecule has 1 aliphatic heterocycles. The number of alkyl halides is 1. The standard InChI is InChI=1S/C18H16Br2ClNO5/c1-6-10(3-2-9(19)15(6)21)22-11(23)5-26-17(24)12-7-4-8-13(12)18(25)27-16(8)14(7)20/h2-3,7-8,12-14,16H,4-5H2,1H3,(H,22,23)/t7-,8-,12-,13+,14+,16+/m1/s1. The van der Waals surface area contributed by atoms with Crippen molar-refractivity contribution in [3.8, 4) is 0 Å². The maximum atomic E-state index is 12.6. The highest BCUT2D eigenvalue weighted by molar-refractivity contribution is 9.10. The van der Waals surface area contributed by atoms with Crippen LogP contribution >= 0.6 is 43.5 Å². The van der Waals surface area contributed by atoms with Gasteiger partial charge in [0.1, 0.15) is 6.10 Å². The predicted octanol–water partition coefficient (Wildman–Crippen LogP) is 3.46. The Morgan fingerprint density at radius 2 is 2.11 bits per heavy atom. The molecule has 0 unspecified atom stereocenters. The number of fused-ring (bicyclic) bond motifs is 1. The van der Waals surface area contributed by atoms with Gasteiger partial charge in [0.05, 0.1) is 21.7 Å². The molecular weight excluding hydrogens is 505 g/mol. The van der Waals surface area contributed by atoms with E-state index in [9.17, 15) is 14.4 Å². The number of esters is 2. The Kier molecular flexibility index (Phi) is 5.01. The van der Waals surface area contributed by atoms with Gasteiger partial charge in [-0.15, -0.1) is 0 Å². The lowest BCUT2D eigenvalue weighted by molar-refractivity contribution is -0.157. The summed E-state index contributed by atoms with van der Waals surface area (Å²) >= 11 is 13.0. The van der Waals surface area contributed by atoms with Gasteiger partial charge in [-0.25, -0.2) is 0 Å². The largest absolute Gasteiger partial charge is 0.461 e. The molecule has 0 spiro atoms. The number of carbonyl (C=O) groups is 3. The highest BCUT2D eigenvalue weighted by Gasteiger charge is 2.68. The van der Waals surface area contributed by atoms with Crippen molar-refractivity contribution >= 4 is 67.0 Å². The molecular formula is C18H16Br2ClNO5. The molecule has 2 saturated carbocycles. The Balaban J connectivity index is 1.38. The summed E-state index contributed by atoms with van der Waals surface area (Å²) in [5.74, 6) is -2.25. The molecule has 144 valence electrons. The van der Waals surface area contributed by atoms with E-state index < -0.39 is 30.3 Å². The van der Waals surface area contributed by atoms with E-state index in [1.54, 1.807) is 19.1 Å². The summed E-state index contributed by atoms with van der Waals surface area (Å²) in [6, 6.07) is 3.44. The van der Waals surface area contributed by atoms with E-state index in [1.165, 1.54) is 0 Å². The number of halogens is 3. The summed E-state index contributed by atoms with van der Waals surface area (Å²) in [5, 5.41) is 3.19. The van der Waals surface area contributed by atoms with Gasteiger partial charge in [0.25, 0.3) is 5.91 Å². The van der Waals surface area contributed by atoms with Gasteiger partial charge in [0.15, 0.2) is 6.61 Å². The average Bonchev–Trinajstić information content (AvgIpc) is 3.24. The molecule has 2 aliphatic carbocycles.